The van der Waals surface area contributed by atoms with Gasteiger partial charge in [0, 0.05) is 10.4 Å². The number of benzene rings is 1. The van der Waals surface area contributed by atoms with Crippen LogP contribution in [0.5, 0.6) is 0 Å². The lowest BCUT2D eigenvalue weighted by Gasteiger charge is -2.24. The summed E-state index contributed by atoms with van der Waals surface area (Å²) < 4.78 is 0. The van der Waals surface area contributed by atoms with Crippen LogP contribution < -0.4 is 16.8 Å². The summed E-state index contributed by atoms with van der Waals surface area (Å²) in [6.45, 7) is 0.981. The third-order valence-corrected chi connectivity index (χ3v) is 3.78. The molecule has 0 bridgehead atoms. The fourth-order valence-electron chi connectivity index (χ4n) is 2.63. The van der Waals surface area contributed by atoms with E-state index in [1.54, 1.807) is 6.07 Å². The van der Waals surface area contributed by atoms with Gasteiger partial charge in [-0.1, -0.05) is 18.0 Å². The molecule has 110 valence electrons. The molecule has 1 fully saturated rings. The lowest BCUT2D eigenvalue weighted by molar-refractivity contribution is 0.407. The van der Waals surface area contributed by atoms with Crippen LogP contribution in [-0.2, 0) is 0 Å². The molecule has 0 amide bonds. The third kappa shape index (κ3) is 3.06. The fourth-order valence-corrected chi connectivity index (χ4v) is 2.80. The molecular formula is C14H17ClN6. The number of guanidine groups is 1. The highest BCUT2D eigenvalue weighted by Gasteiger charge is 2.20. The number of piperidine rings is 1. The second-order valence-corrected chi connectivity index (χ2v) is 5.55. The molecule has 2 heterocycles. The molecule has 0 saturated carbocycles. The Bertz CT molecular complexity index is 689. The third-order valence-electron chi connectivity index (χ3n) is 3.54. The van der Waals surface area contributed by atoms with Crippen LogP contribution in [0.15, 0.2) is 23.2 Å². The summed E-state index contributed by atoms with van der Waals surface area (Å²) in [5, 5.41) is 5.09. The van der Waals surface area contributed by atoms with Crippen molar-refractivity contribution in [1.29, 1.82) is 0 Å². The Kier molecular flexibility index (Phi) is 3.90. The molecular weight excluding hydrogens is 288 g/mol. The Morgan fingerprint density at radius 1 is 1.29 bits per heavy atom. The summed E-state index contributed by atoms with van der Waals surface area (Å²) >= 11 is 6.11. The molecule has 21 heavy (non-hydrogen) atoms. The van der Waals surface area contributed by atoms with E-state index in [2.05, 4.69) is 20.3 Å². The Morgan fingerprint density at radius 3 is 2.86 bits per heavy atom. The summed E-state index contributed by atoms with van der Waals surface area (Å²) in [7, 11) is 0. The van der Waals surface area contributed by atoms with Crippen molar-refractivity contribution >= 4 is 34.4 Å². The van der Waals surface area contributed by atoms with Crippen LogP contribution in [0.2, 0.25) is 5.02 Å². The molecule has 1 aliphatic rings. The quantitative estimate of drug-likeness (QED) is 0.582. The summed E-state index contributed by atoms with van der Waals surface area (Å²) in [5.41, 5.74) is 12.6. The number of fused-ring (bicyclic) bond motifs is 1. The molecule has 1 saturated heterocycles. The molecule has 5 N–H and O–H groups in total. The molecule has 7 heteroatoms. The summed E-state index contributed by atoms with van der Waals surface area (Å²) in [6, 6.07) is 5.73. The van der Waals surface area contributed by atoms with Gasteiger partial charge >= 0.3 is 0 Å². The number of nitrogens with one attached hydrogen (secondary N) is 1. The van der Waals surface area contributed by atoms with Gasteiger partial charge in [-0.15, -0.1) is 0 Å². The first-order valence-electron chi connectivity index (χ1n) is 6.94. The molecule has 3 rings (SSSR count). The summed E-state index contributed by atoms with van der Waals surface area (Å²) in [6.07, 6.45) is 3.38. The lowest BCUT2D eigenvalue weighted by atomic mass is 9.99. The van der Waals surface area contributed by atoms with E-state index >= 15 is 0 Å². The van der Waals surface area contributed by atoms with Crippen molar-refractivity contribution in [3.8, 4) is 0 Å². The van der Waals surface area contributed by atoms with E-state index in [9.17, 15) is 0 Å². The molecule has 1 aromatic carbocycles. The molecule has 1 unspecified atom stereocenters. The second kappa shape index (κ2) is 5.83. The van der Waals surface area contributed by atoms with Crippen molar-refractivity contribution in [2.75, 3.05) is 6.54 Å². The van der Waals surface area contributed by atoms with Crippen LogP contribution in [0.25, 0.3) is 10.9 Å². The summed E-state index contributed by atoms with van der Waals surface area (Å²) in [5.74, 6) is 0.234. The van der Waals surface area contributed by atoms with Crippen LogP contribution in [0.1, 0.15) is 31.0 Å². The van der Waals surface area contributed by atoms with Crippen LogP contribution in [0, 0.1) is 0 Å². The average molecular weight is 305 g/mol. The van der Waals surface area contributed by atoms with Crippen LogP contribution in [0.4, 0.5) is 5.95 Å². The number of halogens is 1. The predicted molar refractivity (Wildman–Crippen MR) is 84.6 cm³/mol. The summed E-state index contributed by atoms with van der Waals surface area (Å²) in [4.78, 5) is 12.9. The highest BCUT2D eigenvalue weighted by atomic mass is 35.5. The second-order valence-electron chi connectivity index (χ2n) is 5.11. The minimum Gasteiger partial charge on any atom is -0.370 e. The molecule has 0 spiro atoms. The minimum atomic E-state index is -0.0501. The maximum Gasteiger partial charge on any atom is 0.253 e. The van der Waals surface area contributed by atoms with E-state index in [0.717, 1.165) is 29.6 Å². The average Bonchev–Trinajstić information content (AvgIpc) is 2.47. The lowest BCUT2D eigenvalue weighted by Crippen LogP contribution is -2.28. The van der Waals surface area contributed by atoms with Crippen molar-refractivity contribution in [2.45, 2.75) is 25.3 Å². The van der Waals surface area contributed by atoms with E-state index in [1.807, 2.05) is 12.1 Å². The van der Waals surface area contributed by atoms with Gasteiger partial charge in [-0.05, 0) is 37.6 Å². The Labute approximate surface area is 127 Å². The standard InChI is InChI=1S/C14H17ClN6/c15-8-4-5-10-9(7-8)12(11-3-1-2-6-18-11)20-14(19-10)21-13(16)17/h4-5,7,11,18H,1-3,6H2,(H4,16,17,19,20,21). The van der Waals surface area contributed by atoms with Crippen molar-refractivity contribution < 1.29 is 0 Å². The first kappa shape index (κ1) is 14.0. The molecule has 2 aromatic rings. The normalized spacial score (nSPS) is 18.6. The smallest absolute Gasteiger partial charge is 0.253 e. The van der Waals surface area contributed by atoms with Crippen LogP contribution in [0.3, 0.4) is 0 Å². The number of nitrogens with two attached hydrogens (primary N) is 2. The zero-order valence-electron chi connectivity index (χ0n) is 11.5. The van der Waals surface area contributed by atoms with E-state index in [1.165, 1.54) is 12.8 Å². The first-order valence-corrected chi connectivity index (χ1v) is 7.31. The van der Waals surface area contributed by atoms with E-state index in [0.29, 0.717) is 5.02 Å². The van der Waals surface area contributed by atoms with Gasteiger partial charge in [0.15, 0.2) is 5.96 Å². The number of aromatic nitrogens is 2. The Hall–Kier alpha value is -1.92. The molecule has 6 nitrogen and oxygen atoms in total. The van der Waals surface area contributed by atoms with Gasteiger partial charge in [0.2, 0.25) is 0 Å². The van der Waals surface area contributed by atoms with Gasteiger partial charge in [-0.25, -0.2) is 9.97 Å². The molecule has 1 atom stereocenters. The zero-order chi connectivity index (χ0) is 14.8. The number of hydrogen-bond donors (Lipinski definition) is 3. The van der Waals surface area contributed by atoms with Crippen LogP contribution in [-0.4, -0.2) is 22.5 Å². The largest absolute Gasteiger partial charge is 0.370 e. The van der Waals surface area contributed by atoms with E-state index in [4.69, 9.17) is 23.1 Å². The van der Waals surface area contributed by atoms with E-state index in [-0.39, 0.29) is 17.9 Å². The highest BCUT2D eigenvalue weighted by Crippen LogP contribution is 2.30. The Morgan fingerprint density at radius 2 is 2.14 bits per heavy atom. The van der Waals surface area contributed by atoms with Crippen molar-refractivity contribution in [3.05, 3.63) is 28.9 Å². The van der Waals surface area contributed by atoms with Gasteiger partial charge in [0.05, 0.1) is 17.3 Å². The van der Waals surface area contributed by atoms with Gasteiger partial charge in [-0.3, -0.25) is 0 Å². The monoisotopic (exact) mass is 304 g/mol. The maximum atomic E-state index is 6.11. The predicted octanol–water partition coefficient (Wildman–Crippen LogP) is 2.00. The first-order chi connectivity index (χ1) is 10.1. The molecule has 0 aliphatic carbocycles. The highest BCUT2D eigenvalue weighted by molar-refractivity contribution is 6.31. The van der Waals surface area contributed by atoms with Gasteiger partial charge < -0.3 is 16.8 Å². The minimum absolute atomic E-state index is 0.0501. The van der Waals surface area contributed by atoms with Crippen LogP contribution >= 0.6 is 11.6 Å². The van der Waals surface area contributed by atoms with Gasteiger partial charge in [-0.2, -0.15) is 4.99 Å². The molecule has 0 radical (unpaired) electrons. The Balaban J connectivity index is 2.17. The van der Waals surface area contributed by atoms with E-state index < -0.39 is 0 Å². The number of rotatable bonds is 2. The number of aliphatic imine (C=N–C) groups is 1. The number of hydrogen-bond acceptors (Lipinski definition) is 4. The van der Waals surface area contributed by atoms with Gasteiger partial charge in [0.25, 0.3) is 5.95 Å². The topological polar surface area (TPSA) is 102 Å². The van der Waals surface area contributed by atoms with Crippen molar-refractivity contribution in [2.24, 2.45) is 16.5 Å². The van der Waals surface area contributed by atoms with Gasteiger partial charge in [0.1, 0.15) is 0 Å². The fraction of sp³-hybridized carbons (Fsp3) is 0.357. The SMILES string of the molecule is NC(N)=Nc1nc(C2CCCCN2)c2cc(Cl)ccc2n1. The zero-order valence-corrected chi connectivity index (χ0v) is 12.3. The maximum absolute atomic E-state index is 6.11. The van der Waals surface area contributed by atoms with Crippen molar-refractivity contribution in [1.82, 2.24) is 15.3 Å². The molecule has 1 aromatic heterocycles. The molecule has 1 aliphatic heterocycles. The van der Waals surface area contributed by atoms with Crippen molar-refractivity contribution in [3.63, 3.8) is 0 Å². The number of nitrogens with zero attached hydrogens (tertiary/aromatic N) is 3.